The third-order valence-electron chi connectivity index (χ3n) is 0.971. The Bertz CT molecular complexity index is 230. The van der Waals surface area contributed by atoms with Gasteiger partial charge in [-0.2, -0.15) is 0 Å². The molecule has 1 aromatic heterocycles. The van der Waals surface area contributed by atoms with Gasteiger partial charge in [0, 0.05) is 20.2 Å². The van der Waals surface area contributed by atoms with Crippen LogP contribution in [0, 0.1) is 0 Å². The summed E-state index contributed by atoms with van der Waals surface area (Å²) in [5, 5.41) is 3.39. The third-order valence-corrected chi connectivity index (χ3v) is 0.971. The lowest BCUT2D eigenvalue weighted by Crippen LogP contribution is -2.25. The molecule has 5 nitrogen and oxygen atoms in total. The average Bonchev–Trinajstić information content (AvgIpc) is 2.39. The molecule has 0 saturated heterocycles. The number of carbonyl (C=O) groups is 1. The Morgan fingerprint density at radius 2 is 2.45 bits per heavy atom. The fourth-order valence-electron chi connectivity index (χ4n) is 0.435. The van der Waals surface area contributed by atoms with E-state index in [1.54, 1.807) is 14.1 Å². The average molecular weight is 156 g/mol. The van der Waals surface area contributed by atoms with E-state index in [1.807, 2.05) is 0 Å². The zero-order valence-electron chi connectivity index (χ0n) is 6.27. The van der Waals surface area contributed by atoms with E-state index < -0.39 is 6.09 Å². The first-order chi connectivity index (χ1) is 5.20. The number of hydrogen-bond donors (Lipinski definition) is 0. The van der Waals surface area contributed by atoms with Gasteiger partial charge in [-0.25, -0.2) is 4.79 Å². The van der Waals surface area contributed by atoms with Crippen molar-refractivity contribution in [2.45, 2.75) is 0 Å². The van der Waals surface area contributed by atoms with Gasteiger partial charge in [0.05, 0.1) is 0 Å². The lowest BCUT2D eigenvalue weighted by molar-refractivity contribution is 0.167. The Morgan fingerprint density at radius 3 is 2.91 bits per heavy atom. The molecule has 0 aliphatic heterocycles. The van der Waals surface area contributed by atoms with Crippen LogP contribution in [0.5, 0.6) is 5.88 Å². The van der Waals surface area contributed by atoms with Gasteiger partial charge in [-0.05, 0) is 5.16 Å². The van der Waals surface area contributed by atoms with Gasteiger partial charge in [-0.1, -0.05) is 0 Å². The van der Waals surface area contributed by atoms with E-state index in [0.717, 1.165) is 0 Å². The van der Waals surface area contributed by atoms with E-state index in [2.05, 4.69) is 9.68 Å². The monoisotopic (exact) mass is 156 g/mol. The molecule has 60 valence electrons. The summed E-state index contributed by atoms with van der Waals surface area (Å²) in [6, 6.07) is 1.46. The molecule has 0 saturated carbocycles. The molecule has 1 aromatic rings. The molecule has 1 amide bonds. The van der Waals surface area contributed by atoms with Gasteiger partial charge in [0.25, 0.3) is 5.88 Å². The van der Waals surface area contributed by atoms with Crippen LogP contribution in [0.1, 0.15) is 0 Å². The predicted molar refractivity (Wildman–Crippen MR) is 36.2 cm³/mol. The second kappa shape index (κ2) is 3.05. The summed E-state index contributed by atoms with van der Waals surface area (Å²) in [6.45, 7) is 0. The molecule has 0 radical (unpaired) electrons. The maximum absolute atomic E-state index is 10.8. The maximum atomic E-state index is 10.8. The van der Waals surface area contributed by atoms with Crippen molar-refractivity contribution in [1.82, 2.24) is 10.1 Å². The van der Waals surface area contributed by atoms with Crippen LogP contribution in [0.15, 0.2) is 16.9 Å². The van der Waals surface area contributed by atoms with Crippen LogP contribution in [-0.4, -0.2) is 30.2 Å². The number of ether oxygens (including phenoxy) is 1. The molecule has 1 heterocycles. The molecule has 0 unspecified atom stereocenters. The number of hydrogen-bond acceptors (Lipinski definition) is 4. The molecule has 0 atom stereocenters. The van der Waals surface area contributed by atoms with Crippen LogP contribution >= 0.6 is 0 Å². The van der Waals surface area contributed by atoms with E-state index in [9.17, 15) is 4.79 Å². The van der Waals surface area contributed by atoms with Crippen molar-refractivity contribution in [3.05, 3.63) is 12.3 Å². The quantitative estimate of drug-likeness (QED) is 0.601. The van der Waals surface area contributed by atoms with Gasteiger partial charge in [0.2, 0.25) is 0 Å². The lowest BCUT2D eigenvalue weighted by Gasteiger charge is -2.07. The van der Waals surface area contributed by atoms with E-state index in [4.69, 9.17) is 4.74 Å². The molecule has 0 fully saturated rings. The minimum absolute atomic E-state index is 0.170. The minimum Gasteiger partial charge on any atom is -0.388 e. The summed E-state index contributed by atoms with van der Waals surface area (Å²) >= 11 is 0. The summed E-state index contributed by atoms with van der Waals surface area (Å²) in [6.07, 6.45) is 0.858. The Labute approximate surface area is 63.5 Å². The fourth-order valence-corrected chi connectivity index (χ4v) is 0.435. The van der Waals surface area contributed by atoms with Crippen molar-refractivity contribution in [2.75, 3.05) is 14.1 Å². The van der Waals surface area contributed by atoms with Crippen LogP contribution in [-0.2, 0) is 0 Å². The first-order valence-corrected chi connectivity index (χ1v) is 2.99. The zero-order chi connectivity index (χ0) is 8.27. The predicted octanol–water partition coefficient (Wildman–Crippen LogP) is 0.735. The standard InChI is InChI=1S/C6H8N2O3/c1-8(2)6(9)11-5-3-4-10-7-5/h3-4H,1-2H3. The van der Waals surface area contributed by atoms with Crippen LogP contribution in [0.25, 0.3) is 0 Å². The zero-order valence-corrected chi connectivity index (χ0v) is 6.27. The topological polar surface area (TPSA) is 55.6 Å². The number of aromatic nitrogens is 1. The maximum Gasteiger partial charge on any atom is 0.416 e. The lowest BCUT2D eigenvalue weighted by atomic mass is 10.7. The van der Waals surface area contributed by atoms with Crippen LogP contribution in [0.3, 0.4) is 0 Å². The highest BCUT2D eigenvalue weighted by Gasteiger charge is 2.07. The van der Waals surface area contributed by atoms with Crippen molar-refractivity contribution in [2.24, 2.45) is 0 Å². The van der Waals surface area contributed by atoms with Gasteiger partial charge in [-0.15, -0.1) is 0 Å². The number of nitrogens with zero attached hydrogens (tertiary/aromatic N) is 2. The minimum atomic E-state index is -0.473. The summed E-state index contributed by atoms with van der Waals surface area (Å²) in [7, 11) is 3.17. The van der Waals surface area contributed by atoms with E-state index in [-0.39, 0.29) is 5.88 Å². The van der Waals surface area contributed by atoms with Crippen LogP contribution in [0.4, 0.5) is 4.79 Å². The van der Waals surface area contributed by atoms with Gasteiger partial charge in [0.1, 0.15) is 6.26 Å². The van der Waals surface area contributed by atoms with Crippen LogP contribution in [0.2, 0.25) is 0 Å². The number of carbonyl (C=O) groups excluding carboxylic acids is 1. The highest BCUT2D eigenvalue weighted by atomic mass is 16.6. The molecule has 1 rings (SSSR count). The second-order valence-electron chi connectivity index (χ2n) is 2.10. The van der Waals surface area contributed by atoms with Crippen molar-refractivity contribution in [3.63, 3.8) is 0 Å². The Hall–Kier alpha value is -1.52. The molecular formula is C6H8N2O3. The van der Waals surface area contributed by atoms with Crippen molar-refractivity contribution >= 4 is 6.09 Å². The largest absolute Gasteiger partial charge is 0.416 e. The number of amides is 1. The van der Waals surface area contributed by atoms with Gasteiger partial charge >= 0.3 is 6.09 Å². The molecule has 0 spiro atoms. The van der Waals surface area contributed by atoms with E-state index >= 15 is 0 Å². The SMILES string of the molecule is CN(C)C(=O)Oc1ccon1. The molecule has 5 heteroatoms. The van der Waals surface area contributed by atoms with Crippen molar-refractivity contribution < 1.29 is 14.1 Å². The van der Waals surface area contributed by atoms with E-state index in [1.165, 1.54) is 17.2 Å². The summed E-state index contributed by atoms with van der Waals surface area (Å²) in [5.74, 6) is 0.170. The van der Waals surface area contributed by atoms with E-state index in [0.29, 0.717) is 0 Å². The fraction of sp³-hybridized carbons (Fsp3) is 0.333. The first-order valence-electron chi connectivity index (χ1n) is 2.99. The van der Waals surface area contributed by atoms with Gasteiger partial charge < -0.3 is 14.2 Å². The highest BCUT2D eigenvalue weighted by Crippen LogP contribution is 2.05. The Kier molecular flexibility index (Phi) is 2.10. The molecule has 0 aliphatic rings. The van der Waals surface area contributed by atoms with Crippen molar-refractivity contribution in [3.8, 4) is 5.88 Å². The summed E-state index contributed by atoms with van der Waals surface area (Å²) in [4.78, 5) is 12.1. The molecule has 0 aromatic carbocycles. The summed E-state index contributed by atoms with van der Waals surface area (Å²) in [5.41, 5.74) is 0. The number of rotatable bonds is 1. The van der Waals surface area contributed by atoms with Gasteiger partial charge in [-0.3, -0.25) is 0 Å². The first kappa shape index (κ1) is 7.59. The smallest absolute Gasteiger partial charge is 0.388 e. The van der Waals surface area contributed by atoms with Crippen LogP contribution < -0.4 is 4.74 Å². The molecule has 0 bridgehead atoms. The Balaban J connectivity index is 2.50. The Morgan fingerprint density at radius 1 is 1.73 bits per heavy atom. The third kappa shape index (κ3) is 1.96. The molecule has 11 heavy (non-hydrogen) atoms. The molecular weight excluding hydrogens is 148 g/mol. The highest BCUT2D eigenvalue weighted by molar-refractivity contribution is 5.69. The van der Waals surface area contributed by atoms with Gasteiger partial charge in [0.15, 0.2) is 0 Å². The second-order valence-corrected chi connectivity index (χ2v) is 2.10. The molecule has 0 aliphatic carbocycles. The molecule has 0 N–H and O–H groups in total. The van der Waals surface area contributed by atoms with Crippen molar-refractivity contribution in [1.29, 1.82) is 0 Å². The summed E-state index contributed by atoms with van der Waals surface area (Å²) < 4.78 is 9.15. The normalized spacial score (nSPS) is 9.27.